The van der Waals surface area contributed by atoms with Crippen LogP contribution in [-0.2, 0) is 25.2 Å². The van der Waals surface area contributed by atoms with Crippen LogP contribution < -0.4 is 20.1 Å². The van der Waals surface area contributed by atoms with Crippen molar-refractivity contribution in [1.82, 2.24) is 19.6 Å². The van der Waals surface area contributed by atoms with E-state index in [2.05, 4.69) is 21.6 Å². The summed E-state index contributed by atoms with van der Waals surface area (Å²) < 4.78 is 40.0. The summed E-state index contributed by atoms with van der Waals surface area (Å²) in [5, 5.41) is 3.68. The summed E-state index contributed by atoms with van der Waals surface area (Å²) in [6.07, 6.45) is 2.46. The highest BCUT2D eigenvalue weighted by molar-refractivity contribution is 7.52. The molecule has 5 aromatic rings. The normalized spacial score (nSPS) is 14.2. The number of imidazole rings is 1. The number of ether oxygens (including phenoxy) is 2. The third-order valence-electron chi connectivity index (χ3n) is 7.39. The third kappa shape index (κ3) is 7.92. The van der Waals surface area contributed by atoms with Crippen molar-refractivity contribution in [2.45, 2.75) is 58.7 Å². The lowest BCUT2D eigenvalue weighted by atomic mass is 10.1. The highest BCUT2D eigenvalue weighted by Gasteiger charge is 2.34. The Morgan fingerprint density at radius 1 is 0.957 bits per heavy atom. The van der Waals surface area contributed by atoms with Crippen molar-refractivity contribution in [3.8, 4) is 11.5 Å². The van der Waals surface area contributed by atoms with Crippen LogP contribution >= 0.6 is 7.75 Å². The SMILES string of the molecule is CCCC[C@H](COP(=O)(N[C@@H](C)C(=O)Oc1ccccc1)Oc1ccccc1)n1c(COCC)nc2c(N)nc3ccccc3c21. The molecule has 2 aromatic heterocycles. The molecule has 0 saturated heterocycles. The lowest BCUT2D eigenvalue weighted by molar-refractivity contribution is -0.135. The van der Waals surface area contributed by atoms with Crippen LogP contribution in [0.5, 0.6) is 11.5 Å². The first-order chi connectivity index (χ1) is 22.3. The smallest absolute Gasteiger partial charge is 0.425 e. The van der Waals surface area contributed by atoms with E-state index in [0.29, 0.717) is 41.7 Å². The quantitative estimate of drug-likeness (QED) is 0.0642. The number of pyridine rings is 1. The fraction of sp³-hybridized carbons (Fsp3) is 0.324. The van der Waals surface area contributed by atoms with E-state index in [-0.39, 0.29) is 19.3 Å². The summed E-state index contributed by atoms with van der Waals surface area (Å²) in [4.78, 5) is 22.4. The maximum Gasteiger partial charge on any atom is 0.459 e. The van der Waals surface area contributed by atoms with Gasteiger partial charge in [0.2, 0.25) is 0 Å². The van der Waals surface area contributed by atoms with Gasteiger partial charge in [0, 0.05) is 12.0 Å². The number of nitrogen functional groups attached to an aromatic ring is 1. The van der Waals surface area contributed by atoms with Crippen molar-refractivity contribution >= 4 is 41.5 Å². The Hall–Kier alpha value is -4.28. The summed E-state index contributed by atoms with van der Waals surface area (Å²) in [5.74, 6) is 1.02. The zero-order chi connectivity index (χ0) is 32.5. The molecule has 0 aliphatic rings. The first kappa shape index (κ1) is 33.1. The molecule has 1 unspecified atom stereocenters. The Balaban J connectivity index is 1.50. The molecule has 5 rings (SSSR count). The zero-order valence-corrected chi connectivity index (χ0v) is 27.2. The van der Waals surface area contributed by atoms with Gasteiger partial charge in [-0.3, -0.25) is 4.52 Å². The number of hydrogen-bond donors (Lipinski definition) is 2. The number of nitrogens with one attached hydrogen (secondary N) is 1. The topological polar surface area (TPSA) is 140 Å². The maximum atomic E-state index is 14.4. The Morgan fingerprint density at radius 2 is 1.63 bits per heavy atom. The van der Waals surface area contributed by atoms with Gasteiger partial charge in [0.05, 0.1) is 23.7 Å². The molecule has 242 valence electrons. The van der Waals surface area contributed by atoms with Crippen LogP contribution in [0.3, 0.4) is 0 Å². The molecule has 3 aromatic carbocycles. The monoisotopic (exact) mass is 645 g/mol. The lowest BCUT2D eigenvalue weighted by Gasteiger charge is -2.27. The molecule has 46 heavy (non-hydrogen) atoms. The van der Waals surface area contributed by atoms with Gasteiger partial charge in [0.25, 0.3) is 0 Å². The minimum Gasteiger partial charge on any atom is -0.425 e. The molecule has 3 N–H and O–H groups in total. The van der Waals surface area contributed by atoms with Gasteiger partial charge in [0.15, 0.2) is 5.82 Å². The van der Waals surface area contributed by atoms with E-state index < -0.39 is 19.8 Å². The second-order valence-corrected chi connectivity index (χ2v) is 12.5. The first-order valence-corrected chi connectivity index (χ1v) is 17.0. The van der Waals surface area contributed by atoms with E-state index >= 15 is 0 Å². The van der Waals surface area contributed by atoms with Crippen molar-refractivity contribution in [1.29, 1.82) is 0 Å². The molecule has 0 radical (unpaired) electrons. The van der Waals surface area contributed by atoms with Gasteiger partial charge >= 0.3 is 13.7 Å². The molecule has 11 nitrogen and oxygen atoms in total. The van der Waals surface area contributed by atoms with E-state index in [0.717, 1.165) is 29.3 Å². The van der Waals surface area contributed by atoms with Crippen LogP contribution in [0.4, 0.5) is 5.82 Å². The van der Waals surface area contributed by atoms with Crippen LogP contribution in [0.2, 0.25) is 0 Å². The van der Waals surface area contributed by atoms with Crippen molar-refractivity contribution in [3.05, 3.63) is 90.8 Å². The summed E-state index contributed by atoms with van der Waals surface area (Å²) >= 11 is 0. The van der Waals surface area contributed by atoms with Crippen molar-refractivity contribution in [2.75, 3.05) is 18.9 Å². The number of fused-ring (bicyclic) bond motifs is 3. The molecule has 0 fully saturated rings. The Morgan fingerprint density at radius 3 is 2.33 bits per heavy atom. The summed E-state index contributed by atoms with van der Waals surface area (Å²) in [6.45, 7) is 6.28. The van der Waals surface area contributed by atoms with Gasteiger partial charge in [-0.05, 0) is 50.6 Å². The van der Waals surface area contributed by atoms with Gasteiger partial charge in [-0.15, -0.1) is 0 Å². The van der Waals surface area contributed by atoms with Gasteiger partial charge in [-0.1, -0.05) is 74.4 Å². The van der Waals surface area contributed by atoms with Crippen LogP contribution in [0.25, 0.3) is 21.9 Å². The minimum absolute atomic E-state index is 0.0291. The van der Waals surface area contributed by atoms with Crippen molar-refractivity contribution < 1.29 is 27.9 Å². The van der Waals surface area contributed by atoms with Crippen molar-refractivity contribution in [3.63, 3.8) is 0 Å². The summed E-state index contributed by atoms with van der Waals surface area (Å²) in [5.41, 5.74) is 8.52. The predicted molar refractivity (Wildman–Crippen MR) is 179 cm³/mol. The number of carbonyl (C=O) groups is 1. The number of esters is 1. The van der Waals surface area contributed by atoms with E-state index in [1.54, 1.807) is 55.5 Å². The Bertz CT molecular complexity index is 1800. The highest BCUT2D eigenvalue weighted by Crippen LogP contribution is 2.46. The van der Waals surface area contributed by atoms with Gasteiger partial charge in [0.1, 0.15) is 35.5 Å². The average Bonchev–Trinajstić information content (AvgIpc) is 3.45. The predicted octanol–water partition coefficient (Wildman–Crippen LogP) is 7.22. The van der Waals surface area contributed by atoms with Crippen molar-refractivity contribution in [2.24, 2.45) is 0 Å². The van der Waals surface area contributed by atoms with Crippen LogP contribution in [0.15, 0.2) is 84.9 Å². The highest BCUT2D eigenvalue weighted by atomic mass is 31.2. The molecular formula is C34H40N5O6P. The zero-order valence-electron chi connectivity index (χ0n) is 26.3. The Kier molecular flexibility index (Phi) is 11.0. The lowest BCUT2D eigenvalue weighted by Crippen LogP contribution is -2.37. The first-order valence-electron chi connectivity index (χ1n) is 15.5. The molecule has 0 amide bonds. The molecule has 3 atom stereocenters. The molecular weight excluding hydrogens is 605 g/mol. The largest absolute Gasteiger partial charge is 0.459 e. The van der Waals surface area contributed by atoms with Crippen LogP contribution in [0.1, 0.15) is 51.9 Å². The summed E-state index contributed by atoms with van der Waals surface area (Å²) in [6, 6.07) is 23.7. The fourth-order valence-corrected chi connectivity index (χ4v) is 6.69. The molecule has 12 heteroatoms. The maximum absolute atomic E-state index is 14.4. The van der Waals surface area contributed by atoms with Gasteiger partial charge in [-0.25, -0.2) is 19.3 Å². The van der Waals surface area contributed by atoms with E-state index in [9.17, 15) is 9.36 Å². The number of rotatable bonds is 16. The Labute approximate surface area is 268 Å². The molecule has 2 heterocycles. The number of carbonyl (C=O) groups excluding carboxylic acids is 1. The number of unbranched alkanes of at least 4 members (excludes halogenated alkanes) is 1. The van der Waals surface area contributed by atoms with Crippen LogP contribution in [-0.4, -0.2) is 39.8 Å². The second kappa shape index (κ2) is 15.3. The number of nitrogens with two attached hydrogens (primary N) is 1. The molecule has 0 saturated carbocycles. The number of anilines is 1. The van der Waals surface area contributed by atoms with Gasteiger partial charge < -0.3 is 24.3 Å². The second-order valence-electron chi connectivity index (χ2n) is 10.8. The molecule has 0 spiro atoms. The van der Waals surface area contributed by atoms with E-state index in [1.807, 2.05) is 43.3 Å². The van der Waals surface area contributed by atoms with Gasteiger partial charge in [-0.2, -0.15) is 5.09 Å². The number of nitrogens with zero attached hydrogens (tertiary/aromatic N) is 3. The minimum atomic E-state index is -4.15. The molecule has 0 bridgehead atoms. The standard InChI is InChI=1S/C34H40N5O6P/c1-4-6-15-25(39-30(23-42-5-2)37-31-32(39)28-20-13-14-21-29(28)36-33(31)35)22-43-46(41,45-27-18-11-8-12-19-27)38-24(3)34(40)44-26-16-9-7-10-17-26/h7-14,16-21,24-25H,4-6,15,22-23H2,1-3H3,(H2,35,36)(H,38,41)/t24-,25+,46?/m0/s1. The third-order valence-corrected chi connectivity index (χ3v) is 9.03. The number of para-hydroxylation sites is 3. The fourth-order valence-electron chi connectivity index (χ4n) is 5.16. The average molecular weight is 646 g/mol. The van der Waals surface area contributed by atoms with E-state index in [1.165, 1.54) is 0 Å². The molecule has 0 aliphatic heterocycles. The molecule has 0 aliphatic carbocycles. The number of benzene rings is 3. The number of aromatic nitrogens is 3. The van der Waals surface area contributed by atoms with E-state index in [4.69, 9.17) is 29.2 Å². The van der Waals surface area contributed by atoms with Crippen LogP contribution in [0, 0.1) is 0 Å². The summed E-state index contributed by atoms with van der Waals surface area (Å²) in [7, 11) is -4.15. The number of hydrogen-bond acceptors (Lipinski definition) is 9.